The smallest absolute Gasteiger partial charge is 0.317 e. The fourth-order valence-corrected chi connectivity index (χ4v) is 4.27. The van der Waals surface area contributed by atoms with Crippen LogP contribution in [-0.2, 0) is 6.42 Å². The summed E-state index contributed by atoms with van der Waals surface area (Å²) in [5.74, 6) is 1.68. The zero-order valence-electron chi connectivity index (χ0n) is 16.0. The van der Waals surface area contributed by atoms with Gasteiger partial charge in [0, 0.05) is 31.1 Å². The van der Waals surface area contributed by atoms with Crippen LogP contribution in [-0.4, -0.2) is 40.2 Å². The van der Waals surface area contributed by atoms with Gasteiger partial charge >= 0.3 is 6.03 Å². The van der Waals surface area contributed by atoms with Crippen molar-refractivity contribution in [3.63, 3.8) is 0 Å². The fourth-order valence-electron chi connectivity index (χ4n) is 4.27. The lowest BCUT2D eigenvalue weighted by atomic mass is 9.95. The minimum absolute atomic E-state index is 0.0951. The predicted molar refractivity (Wildman–Crippen MR) is 103 cm³/mol. The Morgan fingerprint density at radius 2 is 2.04 bits per heavy atom. The molecule has 27 heavy (non-hydrogen) atoms. The molecule has 4 rings (SSSR count). The summed E-state index contributed by atoms with van der Waals surface area (Å²) in [7, 11) is 0. The zero-order valence-corrected chi connectivity index (χ0v) is 16.0. The van der Waals surface area contributed by atoms with Crippen LogP contribution in [0.1, 0.15) is 50.0 Å². The third kappa shape index (κ3) is 4.31. The van der Waals surface area contributed by atoms with Gasteiger partial charge < -0.3 is 14.7 Å². The van der Waals surface area contributed by atoms with Crippen LogP contribution in [0.4, 0.5) is 4.79 Å². The van der Waals surface area contributed by atoms with Crippen LogP contribution < -0.4 is 5.32 Å². The van der Waals surface area contributed by atoms with Gasteiger partial charge in [-0.25, -0.2) is 4.79 Å². The Bertz CT molecular complexity index is 782. The zero-order chi connectivity index (χ0) is 18.6. The van der Waals surface area contributed by atoms with Crippen molar-refractivity contribution in [2.45, 2.75) is 57.9 Å². The highest BCUT2D eigenvalue weighted by molar-refractivity contribution is 5.74. The van der Waals surface area contributed by atoms with Gasteiger partial charge in [-0.05, 0) is 44.1 Å². The van der Waals surface area contributed by atoms with Crippen LogP contribution in [0.5, 0.6) is 0 Å². The Kier molecular flexibility index (Phi) is 5.41. The normalized spacial score (nSPS) is 20.8. The first kappa shape index (κ1) is 18.0. The van der Waals surface area contributed by atoms with Crippen LogP contribution in [0.15, 0.2) is 28.8 Å². The van der Waals surface area contributed by atoms with E-state index >= 15 is 0 Å². The number of carbonyl (C=O) groups excluding carboxylic acids is 1. The van der Waals surface area contributed by atoms with Crippen molar-refractivity contribution >= 4 is 6.03 Å². The van der Waals surface area contributed by atoms with Crippen molar-refractivity contribution in [1.82, 2.24) is 20.4 Å². The van der Waals surface area contributed by atoms with E-state index in [9.17, 15) is 4.79 Å². The summed E-state index contributed by atoms with van der Waals surface area (Å²) >= 11 is 0. The van der Waals surface area contributed by atoms with Crippen LogP contribution in [0.3, 0.4) is 0 Å². The number of nitrogens with zero attached hydrogens (tertiary/aromatic N) is 3. The topological polar surface area (TPSA) is 71.3 Å². The molecule has 2 aromatic rings. The van der Waals surface area contributed by atoms with E-state index in [1.807, 2.05) is 36.1 Å². The second-order valence-corrected chi connectivity index (χ2v) is 7.92. The molecule has 2 amide bonds. The van der Waals surface area contributed by atoms with E-state index in [0.29, 0.717) is 23.7 Å². The second kappa shape index (κ2) is 8.11. The molecule has 2 heterocycles. The van der Waals surface area contributed by atoms with Gasteiger partial charge in [-0.2, -0.15) is 4.98 Å². The number of likely N-dealkylation sites (tertiary alicyclic amines) is 1. The second-order valence-electron chi connectivity index (χ2n) is 7.92. The number of carbonyl (C=O) groups is 1. The summed E-state index contributed by atoms with van der Waals surface area (Å²) in [5, 5.41) is 7.36. The van der Waals surface area contributed by atoms with Gasteiger partial charge in [0.05, 0.1) is 0 Å². The van der Waals surface area contributed by atoms with Crippen molar-refractivity contribution in [2.75, 3.05) is 13.1 Å². The number of piperidine rings is 1. The average Bonchev–Trinajstić information content (AvgIpc) is 3.34. The molecule has 6 heteroatoms. The SMILES string of the molecule is Cc1ccccc1-c1noc(CC2CCCN(C(=O)NC3CCCC3)C2)n1. The number of hydrogen-bond donors (Lipinski definition) is 1. The molecule has 1 aromatic carbocycles. The molecule has 6 nitrogen and oxygen atoms in total. The van der Waals surface area contributed by atoms with E-state index < -0.39 is 0 Å². The third-order valence-electron chi connectivity index (χ3n) is 5.81. The molecule has 0 radical (unpaired) electrons. The van der Waals surface area contributed by atoms with E-state index in [1.165, 1.54) is 12.8 Å². The molecule has 144 valence electrons. The standard InChI is InChI=1S/C21H28N4O2/c1-15-7-2-5-11-18(15)20-23-19(27-24-20)13-16-8-6-12-25(14-16)21(26)22-17-9-3-4-10-17/h2,5,7,11,16-17H,3-4,6,8-10,12-14H2,1H3,(H,22,26). The number of urea groups is 1. The van der Waals surface area contributed by atoms with E-state index in [0.717, 1.165) is 56.3 Å². The lowest BCUT2D eigenvalue weighted by Crippen LogP contribution is -2.48. The van der Waals surface area contributed by atoms with Gasteiger partial charge in [0.15, 0.2) is 0 Å². The molecule has 1 aliphatic carbocycles. The third-order valence-corrected chi connectivity index (χ3v) is 5.81. The molecule has 1 N–H and O–H groups in total. The summed E-state index contributed by atoms with van der Waals surface area (Å²) in [6.07, 6.45) is 7.55. The highest BCUT2D eigenvalue weighted by atomic mass is 16.5. The van der Waals surface area contributed by atoms with E-state index in [-0.39, 0.29) is 6.03 Å². The first-order valence-corrected chi connectivity index (χ1v) is 10.1. The summed E-state index contributed by atoms with van der Waals surface area (Å²) in [5.41, 5.74) is 2.14. The molecular formula is C21H28N4O2. The van der Waals surface area contributed by atoms with Crippen LogP contribution in [0.2, 0.25) is 0 Å². The van der Waals surface area contributed by atoms with Crippen LogP contribution in [0.25, 0.3) is 11.4 Å². The van der Waals surface area contributed by atoms with Crippen molar-refractivity contribution in [3.8, 4) is 11.4 Å². The van der Waals surface area contributed by atoms with Crippen LogP contribution in [0, 0.1) is 12.8 Å². The molecule has 2 aliphatic rings. The molecular weight excluding hydrogens is 340 g/mol. The summed E-state index contributed by atoms with van der Waals surface area (Å²) in [6, 6.07) is 8.52. The first-order valence-electron chi connectivity index (χ1n) is 10.1. The van der Waals surface area contributed by atoms with Crippen molar-refractivity contribution < 1.29 is 9.32 Å². The minimum atomic E-state index is 0.0951. The quantitative estimate of drug-likeness (QED) is 0.887. The molecule has 1 unspecified atom stereocenters. The Morgan fingerprint density at radius 1 is 1.22 bits per heavy atom. The molecule has 1 aliphatic heterocycles. The van der Waals surface area contributed by atoms with E-state index in [1.54, 1.807) is 0 Å². The van der Waals surface area contributed by atoms with Crippen molar-refractivity contribution in [1.29, 1.82) is 0 Å². The molecule has 0 spiro atoms. The summed E-state index contributed by atoms with van der Waals surface area (Å²) in [6.45, 7) is 3.65. The summed E-state index contributed by atoms with van der Waals surface area (Å²) in [4.78, 5) is 19.1. The Morgan fingerprint density at radius 3 is 2.85 bits per heavy atom. The Labute approximate surface area is 160 Å². The maximum absolute atomic E-state index is 12.5. The number of nitrogens with one attached hydrogen (secondary N) is 1. The van der Waals surface area contributed by atoms with Gasteiger partial charge in [-0.3, -0.25) is 0 Å². The maximum atomic E-state index is 12.5. The van der Waals surface area contributed by atoms with Gasteiger partial charge in [0.25, 0.3) is 0 Å². The van der Waals surface area contributed by atoms with Gasteiger partial charge in [0.2, 0.25) is 11.7 Å². The summed E-state index contributed by atoms with van der Waals surface area (Å²) < 4.78 is 5.50. The van der Waals surface area contributed by atoms with Gasteiger partial charge in [-0.15, -0.1) is 0 Å². The lowest BCUT2D eigenvalue weighted by Gasteiger charge is -2.33. The highest BCUT2D eigenvalue weighted by Crippen LogP contribution is 2.24. The van der Waals surface area contributed by atoms with Crippen LogP contribution >= 0.6 is 0 Å². The molecule has 1 aromatic heterocycles. The molecule has 1 atom stereocenters. The highest BCUT2D eigenvalue weighted by Gasteiger charge is 2.27. The number of aromatic nitrogens is 2. The number of amides is 2. The van der Waals surface area contributed by atoms with Crippen molar-refractivity contribution in [3.05, 3.63) is 35.7 Å². The maximum Gasteiger partial charge on any atom is 0.317 e. The predicted octanol–water partition coefficient (Wildman–Crippen LogP) is 3.95. The van der Waals surface area contributed by atoms with Gasteiger partial charge in [0.1, 0.15) is 0 Å². The Hall–Kier alpha value is -2.37. The fraction of sp³-hybridized carbons (Fsp3) is 0.571. The number of benzene rings is 1. The monoisotopic (exact) mass is 368 g/mol. The van der Waals surface area contributed by atoms with Gasteiger partial charge in [-0.1, -0.05) is 42.3 Å². The minimum Gasteiger partial charge on any atom is -0.339 e. The van der Waals surface area contributed by atoms with E-state index in [2.05, 4.69) is 15.5 Å². The van der Waals surface area contributed by atoms with E-state index in [4.69, 9.17) is 4.52 Å². The number of hydrogen-bond acceptors (Lipinski definition) is 4. The molecule has 1 saturated heterocycles. The average molecular weight is 368 g/mol. The lowest BCUT2D eigenvalue weighted by molar-refractivity contribution is 0.158. The molecule has 1 saturated carbocycles. The number of aryl methyl sites for hydroxylation is 1. The molecule has 0 bridgehead atoms. The largest absolute Gasteiger partial charge is 0.339 e. The number of rotatable bonds is 4. The van der Waals surface area contributed by atoms with Crippen molar-refractivity contribution in [2.24, 2.45) is 5.92 Å². The first-order chi connectivity index (χ1) is 13.2. The molecule has 2 fully saturated rings. The Balaban J connectivity index is 1.35.